The van der Waals surface area contributed by atoms with E-state index >= 15 is 0 Å². The van der Waals surface area contributed by atoms with Gasteiger partial charge in [-0.15, -0.1) is 5.10 Å². The van der Waals surface area contributed by atoms with Crippen LogP contribution in [0.25, 0.3) is 0 Å². The Labute approximate surface area is 231 Å². The van der Waals surface area contributed by atoms with Crippen molar-refractivity contribution in [2.75, 3.05) is 31.2 Å². The average molecular weight is 597 g/mol. The van der Waals surface area contributed by atoms with Crippen LogP contribution in [0.15, 0.2) is 30.3 Å². The van der Waals surface area contributed by atoms with Crippen molar-refractivity contribution in [2.24, 2.45) is 5.92 Å². The molecule has 2 N–H and O–H groups in total. The number of alkyl halides is 6. The van der Waals surface area contributed by atoms with Crippen LogP contribution in [0.3, 0.4) is 0 Å². The molecule has 0 bridgehead atoms. The Morgan fingerprint density at radius 3 is 2.12 bits per heavy atom. The van der Waals surface area contributed by atoms with Gasteiger partial charge in [-0.25, -0.2) is 9.59 Å². The van der Waals surface area contributed by atoms with Gasteiger partial charge in [0.2, 0.25) is 0 Å². The van der Waals surface area contributed by atoms with Crippen LogP contribution in [-0.2, 0) is 25.7 Å². The van der Waals surface area contributed by atoms with Gasteiger partial charge in [-0.1, -0.05) is 6.07 Å². The van der Waals surface area contributed by atoms with E-state index in [9.17, 15) is 26.3 Å². The summed E-state index contributed by atoms with van der Waals surface area (Å²) in [7, 11) is 0. The van der Waals surface area contributed by atoms with Crippen LogP contribution in [0.5, 0.6) is 0 Å². The fourth-order valence-corrected chi connectivity index (χ4v) is 4.07. The minimum atomic E-state index is -5.08. The molecular weight excluding hydrogens is 566 g/mol. The van der Waals surface area contributed by atoms with Gasteiger partial charge >= 0.3 is 24.3 Å². The highest BCUT2D eigenvalue weighted by atomic mass is 19.4. The molecule has 1 unspecified atom stereocenters. The third-order valence-electron chi connectivity index (χ3n) is 6.01. The lowest BCUT2D eigenvalue weighted by Gasteiger charge is -2.53. The van der Waals surface area contributed by atoms with Crippen LogP contribution in [0.4, 0.5) is 32.2 Å². The third-order valence-corrected chi connectivity index (χ3v) is 6.01. The molecule has 0 radical (unpaired) electrons. The molecule has 0 amide bonds. The van der Waals surface area contributed by atoms with E-state index in [4.69, 9.17) is 29.3 Å². The first-order valence-corrected chi connectivity index (χ1v) is 12.3. The average Bonchev–Trinajstić information content (AvgIpc) is 2.86. The van der Waals surface area contributed by atoms with Gasteiger partial charge in [0, 0.05) is 18.9 Å². The van der Waals surface area contributed by atoms with Crippen molar-refractivity contribution in [3.05, 3.63) is 47.4 Å². The van der Waals surface area contributed by atoms with E-state index in [1.165, 1.54) is 0 Å². The molecule has 10 nitrogen and oxygen atoms in total. The number of rotatable bonds is 6. The first-order chi connectivity index (χ1) is 19.0. The van der Waals surface area contributed by atoms with Crippen molar-refractivity contribution in [3.8, 4) is 0 Å². The second kappa shape index (κ2) is 14.4. The fourth-order valence-electron chi connectivity index (χ4n) is 4.07. The van der Waals surface area contributed by atoms with E-state index in [1.54, 1.807) is 0 Å². The van der Waals surface area contributed by atoms with Gasteiger partial charge in [0.25, 0.3) is 0 Å². The zero-order chi connectivity index (χ0) is 30.8. The van der Waals surface area contributed by atoms with Gasteiger partial charge in [0.15, 0.2) is 5.82 Å². The van der Waals surface area contributed by atoms with E-state index in [0.29, 0.717) is 12.5 Å². The number of pyridine rings is 1. The summed E-state index contributed by atoms with van der Waals surface area (Å²) in [5.41, 5.74) is 2.99. The summed E-state index contributed by atoms with van der Waals surface area (Å²) in [6.45, 7) is 8.01. The van der Waals surface area contributed by atoms with Gasteiger partial charge in [-0.2, -0.15) is 31.4 Å². The van der Waals surface area contributed by atoms with Crippen LogP contribution in [0.1, 0.15) is 36.3 Å². The summed E-state index contributed by atoms with van der Waals surface area (Å²) in [5.74, 6) is -3.90. The summed E-state index contributed by atoms with van der Waals surface area (Å²) in [5, 5.41) is 22.7. The monoisotopic (exact) mass is 596 g/mol. The van der Waals surface area contributed by atoms with Gasteiger partial charge < -0.3 is 24.6 Å². The Morgan fingerprint density at radius 1 is 1.00 bits per heavy atom. The first kappa shape index (κ1) is 33.7. The number of hydrogen-bond acceptors (Lipinski definition) is 8. The van der Waals surface area contributed by atoms with E-state index < -0.39 is 24.3 Å². The van der Waals surface area contributed by atoms with Crippen molar-refractivity contribution < 1.29 is 55.6 Å². The molecule has 2 fully saturated rings. The molecule has 4 heterocycles. The maximum atomic E-state index is 10.6. The van der Waals surface area contributed by atoms with Crippen LogP contribution >= 0.6 is 0 Å². The van der Waals surface area contributed by atoms with Gasteiger partial charge in [-0.3, -0.25) is 4.98 Å². The molecule has 228 valence electrons. The number of anilines is 1. The Morgan fingerprint density at radius 2 is 1.61 bits per heavy atom. The number of carboxylic acid groups (broad SMARTS) is 2. The van der Waals surface area contributed by atoms with Crippen molar-refractivity contribution >= 4 is 17.8 Å². The number of aromatic nitrogens is 3. The summed E-state index contributed by atoms with van der Waals surface area (Å²) < 4.78 is 75.5. The summed E-state index contributed by atoms with van der Waals surface area (Å²) in [6.07, 6.45) is -6.85. The van der Waals surface area contributed by atoms with Crippen molar-refractivity contribution in [2.45, 2.75) is 57.7 Å². The lowest BCUT2D eigenvalue weighted by Crippen LogP contribution is -2.65. The summed E-state index contributed by atoms with van der Waals surface area (Å²) in [6, 6.07) is 10.1. The molecular formula is C25H30F6N4O6. The summed E-state index contributed by atoms with van der Waals surface area (Å²) in [4.78, 5) is 24.5. The number of halogens is 6. The second-order valence-electron chi connectivity index (χ2n) is 9.50. The quantitative estimate of drug-likeness (QED) is 0.366. The number of hydrogen-bond donors (Lipinski definition) is 2. The standard InChI is InChI=1S/C21H28N4O2.2C2HF3O2/c1-16-4-3-5-19(22-16)13-26-10-8-18-9-11-27-21(12-18)14-25(15-21)20-7-6-17(2)23-24-20;2*3-2(4,5)1(6)7/h3-7,18H,8-15H2,1-2H3;2*(H,6,7). The molecule has 2 aliphatic heterocycles. The minimum Gasteiger partial charge on any atom is -0.475 e. The highest BCUT2D eigenvalue weighted by Crippen LogP contribution is 2.39. The number of aliphatic carboxylic acids is 2. The zero-order valence-corrected chi connectivity index (χ0v) is 22.2. The molecule has 16 heteroatoms. The highest BCUT2D eigenvalue weighted by Gasteiger charge is 2.48. The molecule has 0 aromatic carbocycles. The largest absolute Gasteiger partial charge is 0.490 e. The fraction of sp³-hybridized carbons (Fsp3) is 0.560. The lowest BCUT2D eigenvalue weighted by atomic mass is 9.79. The Kier molecular flexibility index (Phi) is 11.8. The topological polar surface area (TPSA) is 135 Å². The molecule has 1 spiro atoms. The van der Waals surface area contributed by atoms with Crippen molar-refractivity contribution in [3.63, 3.8) is 0 Å². The number of carboxylic acids is 2. The lowest BCUT2D eigenvalue weighted by molar-refractivity contribution is -0.193. The van der Waals surface area contributed by atoms with Gasteiger partial charge in [-0.05, 0) is 63.3 Å². The Balaban J connectivity index is 0.000000349. The number of ether oxygens (including phenoxy) is 2. The van der Waals surface area contributed by atoms with E-state index in [-0.39, 0.29) is 5.60 Å². The number of carbonyl (C=O) groups is 2. The normalized spacial score (nSPS) is 17.9. The SMILES string of the molecule is Cc1ccc(N2CC3(CC(CCOCc4cccc(C)n4)CCO3)C2)nn1.O=C(O)C(F)(F)F.O=C(O)C(F)(F)F. The molecule has 1 atom stereocenters. The molecule has 0 saturated carbocycles. The van der Waals surface area contributed by atoms with Gasteiger partial charge in [0.1, 0.15) is 5.60 Å². The second-order valence-corrected chi connectivity index (χ2v) is 9.50. The molecule has 0 aliphatic carbocycles. The van der Waals surface area contributed by atoms with Crippen LogP contribution in [0.2, 0.25) is 0 Å². The van der Waals surface area contributed by atoms with Crippen LogP contribution < -0.4 is 4.90 Å². The highest BCUT2D eigenvalue weighted by molar-refractivity contribution is 5.73. The molecule has 2 saturated heterocycles. The molecule has 41 heavy (non-hydrogen) atoms. The van der Waals surface area contributed by atoms with E-state index in [0.717, 1.165) is 68.5 Å². The smallest absolute Gasteiger partial charge is 0.475 e. The third kappa shape index (κ3) is 11.5. The maximum Gasteiger partial charge on any atom is 0.490 e. The number of nitrogens with zero attached hydrogens (tertiary/aromatic N) is 4. The molecule has 4 rings (SSSR count). The minimum absolute atomic E-state index is 0.00637. The van der Waals surface area contributed by atoms with Gasteiger partial charge in [0.05, 0.1) is 31.1 Å². The predicted octanol–water partition coefficient (Wildman–Crippen LogP) is 4.35. The van der Waals surface area contributed by atoms with E-state index in [1.807, 2.05) is 44.2 Å². The number of aryl methyl sites for hydroxylation is 2. The molecule has 2 aliphatic rings. The molecule has 2 aromatic heterocycles. The van der Waals surface area contributed by atoms with Crippen molar-refractivity contribution in [1.82, 2.24) is 15.2 Å². The first-order valence-electron chi connectivity index (χ1n) is 12.3. The van der Waals surface area contributed by atoms with Crippen molar-refractivity contribution in [1.29, 1.82) is 0 Å². The molecule has 2 aromatic rings. The van der Waals surface area contributed by atoms with Crippen LogP contribution in [-0.4, -0.2) is 81.6 Å². The maximum absolute atomic E-state index is 10.6. The van der Waals surface area contributed by atoms with E-state index in [2.05, 4.69) is 20.1 Å². The Bertz CT molecular complexity index is 1120. The Hall–Kier alpha value is -3.53. The van der Waals surface area contributed by atoms with Crippen LogP contribution in [0, 0.1) is 19.8 Å². The summed E-state index contributed by atoms with van der Waals surface area (Å²) >= 11 is 0. The predicted molar refractivity (Wildman–Crippen MR) is 131 cm³/mol. The zero-order valence-electron chi connectivity index (χ0n) is 22.2.